The number of nitrogens with one attached hydrogen (secondary N) is 1. The van der Waals surface area contributed by atoms with Crippen molar-refractivity contribution in [1.29, 1.82) is 0 Å². The summed E-state index contributed by atoms with van der Waals surface area (Å²) in [6.07, 6.45) is 0. The van der Waals surface area contributed by atoms with Crippen LogP contribution in [-0.4, -0.2) is 48.4 Å². The maximum Gasteiger partial charge on any atom is 0.312 e. The van der Waals surface area contributed by atoms with Crippen LogP contribution in [0.25, 0.3) is 0 Å². The van der Waals surface area contributed by atoms with Gasteiger partial charge in [-0.15, -0.1) is 0 Å². The lowest BCUT2D eigenvalue weighted by molar-refractivity contribution is -0.138. The van der Waals surface area contributed by atoms with Crippen molar-refractivity contribution in [2.24, 2.45) is 5.73 Å². The van der Waals surface area contributed by atoms with Crippen LogP contribution in [0.2, 0.25) is 5.02 Å². The van der Waals surface area contributed by atoms with Gasteiger partial charge in [0.15, 0.2) is 0 Å². The number of rotatable bonds is 3. The van der Waals surface area contributed by atoms with Crippen molar-refractivity contribution in [1.82, 2.24) is 10.2 Å². The Labute approximate surface area is 133 Å². The highest BCUT2D eigenvalue weighted by Gasteiger charge is 2.33. The lowest BCUT2D eigenvalue weighted by Crippen LogP contribution is -2.58. The molecule has 3 N–H and O–H groups in total. The first-order valence-corrected chi connectivity index (χ1v) is 7.15. The molecule has 1 heterocycles. The number of primary amides is 1. The van der Waals surface area contributed by atoms with Crippen LogP contribution in [0, 0.1) is 0 Å². The molecule has 1 saturated heterocycles. The number of amides is 4. The number of carbonyl (C=O) groups is 3. The summed E-state index contributed by atoms with van der Waals surface area (Å²) in [6, 6.07) is 6.01. The second kappa shape index (κ2) is 6.65. The lowest BCUT2D eigenvalue weighted by atomic mass is 10.1. The van der Waals surface area contributed by atoms with Crippen LogP contribution in [0.4, 0.5) is 10.5 Å². The number of halogens is 1. The molecule has 4 amide bonds. The Morgan fingerprint density at radius 3 is 2.59 bits per heavy atom. The second-order valence-corrected chi connectivity index (χ2v) is 5.51. The zero-order valence-electron chi connectivity index (χ0n) is 12.1. The number of hydrogen-bond donors (Lipinski definition) is 2. The number of hydrogen-bond acceptors (Lipinski definition) is 3. The van der Waals surface area contributed by atoms with Crippen molar-refractivity contribution in [3.05, 3.63) is 29.3 Å². The summed E-state index contributed by atoms with van der Waals surface area (Å²) in [5.74, 6) is -0.525. The zero-order chi connectivity index (χ0) is 16.3. The number of anilines is 1. The smallest absolute Gasteiger partial charge is 0.312 e. The van der Waals surface area contributed by atoms with Gasteiger partial charge in [0.1, 0.15) is 6.54 Å². The predicted octanol–water partition coefficient (Wildman–Crippen LogP) is 0.572. The Kier molecular flexibility index (Phi) is 4.87. The lowest BCUT2D eigenvalue weighted by Gasteiger charge is -2.39. The normalized spacial score (nSPS) is 18.3. The molecule has 0 saturated carbocycles. The van der Waals surface area contributed by atoms with E-state index in [1.807, 2.05) is 6.92 Å². The minimum Gasteiger partial charge on any atom is -0.352 e. The molecular formula is C14H17ClN4O3. The Morgan fingerprint density at radius 2 is 2.00 bits per heavy atom. The van der Waals surface area contributed by atoms with Gasteiger partial charge >= 0.3 is 6.03 Å². The summed E-state index contributed by atoms with van der Waals surface area (Å²) in [5.41, 5.74) is 5.68. The maximum atomic E-state index is 12.3. The first-order valence-electron chi connectivity index (χ1n) is 6.77. The fourth-order valence-corrected chi connectivity index (χ4v) is 2.45. The number of piperazine rings is 1. The molecule has 22 heavy (non-hydrogen) atoms. The first-order chi connectivity index (χ1) is 10.4. The third-order valence-corrected chi connectivity index (χ3v) is 3.71. The van der Waals surface area contributed by atoms with E-state index in [1.165, 1.54) is 4.90 Å². The van der Waals surface area contributed by atoms with Gasteiger partial charge in [0.25, 0.3) is 0 Å². The first kappa shape index (κ1) is 16.1. The molecule has 0 aromatic heterocycles. The highest BCUT2D eigenvalue weighted by atomic mass is 35.5. The molecule has 2 rings (SSSR count). The van der Waals surface area contributed by atoms with Gasteiger partial charge in [0.2, 0.25) is 11.8 Å². The van der Waals surface area contributed by atoms with Crippen LogP contribution in [0.1, 0.15) is 6.92 Å². The topological polar surface area (TPSA) is 95.7 Å². The maximum absolute atomic E-state index is 12.3. The van der Waals surface area contributed by atoms with E-state index in [2.05, 4.69) is 5.32 Å². The third-order valence-electron chi connectivity index (χ3n) is 3.46. The SMILES string of the molecule is CC1CN(c2ccc(Cl)cc2)C(=O)CN1C(=O)CNC(N)=O. The van der Waals surface area contributed by atoms with E-state index >= 15 is 0 Å². The monoisotopic (exact) mass is 324 g/mol. The van der Waals surface area contributed by atoms with Crippen molar-refractivity contribution in [2.75, 3.05) is 24.5 Å². The summed E-state index contributed by atoms with van der Waals surface area (Å²) in [6.45, 7) is 1.97. The average molecular weight is 325 g/mol. The molecule has 7 nitrogen and oxygen atoms in total. The summed E-state index contributed by atoms with van der Waals surface area (Å²) in [4.78, 5) is 38.0. The molecule has 0 radical (unpaired) electrons. The summed E-state index contributed by atoms with van der Waals surface area (Å²) in [7, 11) is 0. The van der Waals surface area contributed by atoms with E-state index in [4.69, 9.17) is 17.3 Å². The molecular weight excluding hydrogens is 308 g/mol. The van der Waals surface area contributed by atoms with Crippen LogP contribution >= 0.6 is 11.6 Å². The molecule has 1 aromatic rings. The predicted molar refractivity (Wildman–Crippen MR) is 82.6 cm³/mol. The van der Waals surface area contributed by atoms with Gasteiger partial charge in [0.05, 0.1) is 6.54 Å². The van der Waals surface area contributed by atoms with E-state index < -0.39 is 6.03 Å². The van der Waals surface area contributed by atoms with E-state index in [0.29, 0.717) is 11.6 Å². The molecule has 0 bridgehead atoms. The fraction of sp³-hybridized carbons (Fsp3) is 0.357. The van der Waals surface area contributed by atoms with Gasteiger partial charge < -0.3 is 20.9 Å². The number of urea groups is 1. The quantitative estimate of drug-likeness (QED) is 0.851. The van der Waals surface area contributed by atoms with Crippen LogP contribution in [0.3, 0.4) is 0 Å². The largest absolute Gasteiger partial charge is 0.352 e. The molecule has 1 aliphatic rings. The zero-order valence-corrected chi connectivity index (χ0v) is 12.8. The average Bonchev–Trinajstić information content (AvgIpc) is 2.47. The number of benzene rings is 1. The van der Waals surface area contributed by atoms with Gasteiger partial charge in [-0.3, -0.25) is 9.59 Å². The Morgan fingerprint density at radius 1 is 1.36 bits per heavy atom. The van der Waals surface area contributed by atoms with Crippen LogP contribution < -0.4 is 16.0 Å². The number of carbonyl (C=O) groups excluding carboxylic acids is 3. The number of nitrogens with two attached hydrogens (primary N) is 1. The van der Waals surface area contributed by atoms with Gasteiger partial charge in [-0.25, -0.2) is 4.79 Å². The van der Waals surface area contributed by atoms with Gasteiger partial charge in [-0.05, 0) is 31.2 Å². The summed E-state index contributed by atoms with van der Waals surface area (Å²) < 4.78 is 0. The standard InChI is InChI=1S/C14H17ClN4O3/c1-9-7-19(11-4-2-10(15)3-5-11)13(21)8-18(9)12(20)6-17-14(16)22/h2-5,9H,6-8H2,1H3,(H3,16,17,22). The molecule has 118 valence electrons. The minimum atomic E-state index is -0.771. The van der Waals surface area contributed by atoms with Gasteiger partial charge in [-0.1, -0.05) is 11.6 Å². The van der Waals surface area contributed by atoms with Crippen LogP contribution in [-0.2, 0) is 9.59 Å². The van der Waals surface area contributed by atoms with E-state index in [9.17, 15) is 14.4 Å². The van der Waals surface area contributed by atoms with Crippen molar-refractivity contribution in [2.45, 2.75) is 13.0 Å². The molecule has 1 aromatic carbocycles. The second-order valence-electron chi connectivity index (χ2n) is 5.07. The van der Waals surface area contributed by atoms with Crippen molar-refractivity contribution in [3.8, 4) is 0 Å². The van der Waals surface area contributed by atoms with E-state index in [1.54, 1.807) is 29.2 Å². The highest BCUT2D eigenvalue weighted by molar-refractivity contribution is 6.30. The Bertz CT molecular complexity index is 590. The van der Waals surface area contributed by atoms with E-state index in [-0.39, 0.29) is 30.9 Å². The fourth-order valence-electron chi connectivity index (χ4n) is 2.32. The van der Waals surface area contributed by atoms with Crippen molar-refractivity contribution >= 4 is 35.1 Å². The van der Waals surface area contributed by atoms with Crippen LogP contribution in [0.15, 0.2) is 24.3 Å². The molecule has 8 heteroatoms. The minimum absolute atomic E-state index is 0.0386. The third kappa shape index (κ3) is 3.67. The van der Waals surface area contributed by atoms with Crippen molar-refractivity contribution in [3.63, 3.8) is 0 Å². The molecule has 1 unspecified atom stereocenters. The Hall–Kier alpha value is -2.28. The highest BCUT2D eigenvalue weighted by Crippen LogP contribution is 2.22. The summed E-state index contributed by atoms with van der Waals surface area (Å²) >= 11 is 5.84. The molecule has 0 spiro atoms. The van der Waals surface area contributed by atoms with Gasteiger partial charge in [0, 0.05) is 23.3 Å². The molecule has 1 fully saturated rings. The van der Waals surface area contributed by atoms with E-state index in [0.717, 1.165) is 5.69 Å². The van der Waals surface area contributed by atoms with Gasteiger partial charge in [-0.2, -0.15) is 0 Å². The molecule has 0 aliphatic carbocycles. The molecule has 1 atom stereocenters. The number of nitrogens with zero attached hydrogens (tertiary/aromatic N) is 2. The van der Waals surface area contributed by atoms with Crippen LogP contribution in [0.5, 0.6) is 0 Å². The van der Waals surface area contributed by atoms with Crippen molar-refractivity contribution < 1.29 is 14.4 Å². The Balaban J connectivity index is 2.05. The summed E-state index contributed by atoms with van der Waals surface area (Å²) in [5, 5.41) is 2.83. The molecule has 1 aliphatic heterocycles.